The van der Waals surface area contributed by atoms with E-state index in [1.54, 1.807) is 6.07 Å². The number of aryl methyl sites for hydroxylation is 3. The number of hydrogen-bond acceptors (Lipinski definition) is 0. The Hall–Kier alpha value is -0.121. The Bertz CT molecular complexity index is 1520. The number of benzene rings is 2. The Morgan fingerprint density at radius 3 is 0.761 bits per heavy atom. The maximum Gasteiger partial charge on any atom is 3.00 e. The van der Waals surface area contributed by atoms with Gasteiger partial charge in [-0.3, -0.25) is 6.07 Å². The third-order valence-electron chi connectivity index (χ3n) is 10.7. The van der Waals surface area contributed by atoms with Crippen LogP contribution in [0.2, 0.25) is 0 Å². The summed E-state index contributed by atoms with van der Waals surface area (Å²) in [6.45, 7) is 58.6. The van der Waals surface area contributed by atoms with E-state index in [0.29, 0.717) is 0 Å². The summed E-state index contributed by atoms with van der Waals surface area (Å²) < 4.78 is 7.51. The number of hydrogen-bond donors (Lipinski definition) is 0. The maximum absolute atomic E-state index is 3.14. The number of rotatable bonds is 14. The topological polar surface area (TPSA) is 17.6 Å². The van der Waals surface area contributed by atoms with Gasteiger partial charge >= 0.3 is 40.2 Å². The molecule has 0 unspecified atom stereocenters. The standard InChI is InChI=1S/C14H12N4.4C9H21P.C7H8.2Ir.4H/c1-15-6-8-17(11-15)13-4-3-5-14(10-13)18-9-7-16(2)12-18;4*1-7(2)10(8(3)4)9(5)6;1-7-5-3-2-4-6-7;;;;;;/h3,6-10H,1-2H3;4*7-9H,1-6H3;2-6H,1H3;;;;;;/q-2;;;;;;2*+3;4*-1. The van der Waals surface area contributed by atoms with Crippen molar-refractivity contribution >= 4 is 31.7 Å². The van der Waals surface area contributed by atoms with Crippen LogP contribution in [0.15, 0.2) is 67.3 Å². The van der Waals surface area contributed by atoms with E-state index in [1.807, 2.05) is 81.4 Å². The SMILES string of the molecule is CC(C)P(C(C)C)C(C)C.CC(C)P(C(C)C)C(C)C.CC(C)P(C(C)C)C(C)C.CC(C)P(C(C)C)C(C)C.C[n+]1[c-]n(-c2[c-]c[c-]c(-n3[c-][n+](C)cc3)c2)cc1.Cc1ccccc1.[H-].[H-].[H-].[H-].[Ir+3].[Ir+3]. The van der Waals surface area contributed by atoms with Crippen molar-refractivity contribution in [3.05, 3.63) is 97.6 Å². The molecule has 2 heterocycles. The smallest absolute Gasteiger partial charge is 1.00 e. The molecule has 0 amide bonds. The Kier molecular flexibility index (Phi) is 43.2. The molecule has 0 bridgehead atoms. The van der Waals surface area contributed by atoms with Crippen LogP contribution in [0.25, 0.3) is 11.4 Å². The first-order valence-electron chi connectivity index (χ1n) is 25.0. The molecule has 4 nitrogen and oxygen atoms in total. The van der Waals surface area contributed by atoms with Gasteiger partial charge in [-0.05, 0) is 74.8 Å². The molecular weight excluding hydrogens is 1250 g/mol. The third kappa shape index (κ3) is 31.8. The van der Waals surface area contributed by atoms with Gasteiger partial charge in [0.1, 0.15) is 0 Å². The number of nitrogens with zero attached hydrogens (tertiary/aromatic N) is 4. The summed E-state index contributed by atoms with van der Waals surface area (Å²) in [6.07, 6.45) is 14.0. The predicted octanol–water partition coefficient (Wildman–Crippen LogP) is 17.3. The van der Waals surface area contributed by atoms with E-state index >= 15 is 0 Å². The van der Waals surface area contributed by atoms with Gasteiger partial charge in [-0.15, -0.1) is 0 Å². The van der Waals surface area contributed by atoms with Gasteiger partial charge in [-0.25, -0.2) is 0 Å². The Balaban J connectivity index is -0.000000113. The van der Waals surface area contributed by atoms with E-state index < -0.39 is 0 Å². The van der Waals surface area contributed by atoms with Crippen molar-refractivity contribution in [1.29, 1.82) is 0 Å². The molecule has 0 saturated heterocycles. The van der Waals surface area contributed by atoms with E-state index in [0.717, 1.165) is 79.3 Å². The summed E-state index contributed by atoms with van der Waals surface area (Å²) in [4.78, 5) is 0. The fourth-order valence-electron chi connectivity index (χ4n) is 9.44. The molecule has 10 heteroatoms. The Labute approximate surface area is 456 Å². The van der Waals surface area contributed by atoms with Crippen molar-refractivity contribution in [2.24, 2.45) is 14.1 Å². The quantitative estimate of drug-likeness (QED) is 0.0680. The molecule has 0 spiro atoms. The van der Waals surface area contributed by atoms with Crippen molar-refractivity contribution in [2.75, 3.05) is 0 Å². The zero-order valence-corrected chi connectivity index (χ0v) is 56.4. The molecule has 0 N–H and O–H groups in total. The first kappa shape index (κ1) is 73.4. The van der Waals surface area contributed by atoms with Crippen molar-refractivity contribution in [2.45, 2.75) is 241 Å². The predicted molar refractivity (Wildman–Crippen MR) is 308 cm³/mol. The average molecular weight is 1360 g/mol. The van der Waals surface area contributed by atoms with Crippen LogP contribution in [0, 0.1) is 31.7 Å². The van der Waals surface area contributed by atoms with Crippen LogP contribution in [-0.4, -0.2) is 77.0 Å². The molecule has 4 rings (SSSR count). The fourth-order valence-corrected chi connectivity index (χ4v) is 23.8. The van der Waals surface area contributed by atoms with Gasteiger partial charge in [-0.2, -0.15) is 11.4 Å². The molecule has 2 aromatic carbocycles. The van der Waals surface area contributed by atoms with E-state index in [9.17, 15) is 0 Å². The van der Waals surface area contributed by atoms with Gasteiger partial charge in [0, 0.05) is 24.8 Å². The van der Waals surface area contributed by atoms with Crippen molar-refractivity contribution in [1.82, 2.24) is 9.13 Å². The van der Waals surface area contributed by atoms with Crippen molar-refractivity contribution < 1.29 is 55.1 Å². The third-order valence-corrected chi connectivity index (χ3v) is 25.0. The van der Waals surface area contributed by atoms with E-state index in [1.165, 1.54) is 5.56 Å². The molecule has 0 aliphatic rings. The minimum absolute atomic E-state index is 0. The largest absolute Gasteiger partial charge is 3.00 e. The molecule has 0 atom stereocenters. The van der Waals surface area contributed by atoms with Gasteiger partial charge < -0.3 is 42.2 Å². The van der Waals surface area contributed by atoms with Crippen LogP contribution < -0.4 is 9.13 Å². The molecule has 0 aliphatic heterocycles. The van der Waals surface area contributed by atoms with Gasteiger partial charge in [0.2, 0.25) is 12.7 Å². The molecular formula is C57H108Ir2N4P4. The molecule has 2 aromatic heterocycles. The summed E-state index contributed by atoms with van der Waals surface area (Å²) in [5, 5.41) is 0. The molecule has 0 saturated carbocycles. The molecule has 394 valence electrons. The minimum Gasteiger partial charge on any atom is -1.00 e. The number of imidazole rings is 2. The summed E-state index contributed by atoms with van der Waals surface area (Å²) in [7, 11) is 4.92. The molecule has 0 aliphatic carbocycles. The van der Waals surface area contributed by atoms with Gasteiger partial charge in [0.15, 0.2) is 0 Å². The van der Waals surface area contributed by atoms with E-state index in [4.69, 9.17) is 0 Å². The first-order chi connectivity index (χ1) is 30.0. The van der Waals surface area contributed by atoms with E-state index in [-0.39, 0.29) is 77.6 Å². The second-order valence-corrected chi connectivity index (χ2v) is 36.6. The Morgan fingerprint density at radius 1 is 0.403 bits per heavy atom. The summed E-state index contributed by atoms with van der Waals surface area (Å²) in [6, 6.07) is 20.3. The zero-order chi connectivity index (χ0) is 50.9. The van der Waals surface area contributed by atoms with Crippen molar-refractivity contribution in [3.8, 4) is 11.4 Å². The van der Waals surface area contributed by atoms with Crippen LogP contribution in [0.3, 0.4) is 0 Å². The van der Waals surface area contributed by atoms with Crippen molar-refractivity contribution in [3.63, 3.8) is 0 Å². The van der Waals surface area contributed by atoms with Crippen LogP contribution in [0.1, 0.15) is 177 Å². The Morgan fingerprint density at radius 2 is 0.627 bits per heavy atom. The van der Waals surface area contributed by atoms with Crippen LogP contribution in [0.5, 0.6) is 0 Å². The summed E-state index contributed by atoms with van der Waals surface area (Å²) in [5.74, 6) is 0. The van der Waals surface area contributed by atoms with Crippen LogP contribution >= 0.6 is 31.7 Å². The van der Waals surface area contributed by atoms with Gasteiger partial charge in [-0.1, -0.05) is 234 Å². The van der Waals surface area contributed by atoms with Crippen LogP contribution in [0.4, 0.5) is 0 Å². The molecule has 67 heavy (non-hydrogen) atoms. The summed E-state index contributed by atoms with van der Waals surface area (Å²) >= 11 is 0. The minimum atomic E-state index is 0. The van der Waals surface area contributed by atoms with Gasteiger partial charge in [0.25, 0.3) is 0 Å². The summed E-state index contributed by atoms with van der Waals surface area (Å²) in [5.41, 5.74) is 13.9. The number of aromatic nitrogens is 4. The maximum atomic E-state index is 3.14. The van der Waals surface area contributed by atoms with E-state index in [2.05, 4.69) is 210 Å². The normalized spacial score (nSPS) is 11.3. The molecule has 4 aromatic rings. The molecule has 0 radical (unpaired) electrons. The van der Waals surface area contributed by atoms with Gasteiger partial charge in [0.05, 0.1) is 14.1 Å². The molecule has 0 fully saturated rings. The average Bonchev–Trinajstić information content (AvgIpc) is 3.79. The fraction of sp³-hybridized carbons (Fsp3) is 0.684. The first-order valence-corrected chi connectivity index (χ1v) is 31.2. The second kappa shape index (κ2) is 39.4. The second-order valence-electron chi connectivity index (χ2n) is 20.7. The monoisotopic (exact) mass is 1360 g/mol. The zero-order valence-electron chi connectivity index (χ0n) is 52.0. The van der Waals surface area contributed by atoms with Crippen LogP contribution in [-0.2, 0) is 54.3 Å².